The standard InChI is InChI=1S/C20H32N6O12/c21-17(34)18-23-7-26(25-18)19-16(33)14(31)9(37-19)5-36-6-11(29)22-3-1-2-10(28)24-12-15(32)13(30)8(4-27)38-20(12)35/h7-9,12-16,19-20,27,30-33,35H,1-6H2,(H2,21,34)(H,22,29)(H,24,28)/t8?,9?,12?,13?,14-,15?,16-,19?,20+/m1/s1. The molecule has 0 bridgehead atoms. The van der Waals surface area contributed by atoms with Crippen molar-refractivity contribution in [1.82, 2.24) is 25.4 Å². The minimum atomic E-state index is -1.63. The Balaban J connectivity index is 1.31. The Bertz CT molecular complexity index is 965. The molecule has 1 aromatic rings. The van der Waals surface area contributed by atoms with Crippen LogP contribution in [0.2, 0.25) is 0 Å². The molecule has 214 valence electrons. The van der Waals surface area contributed by atoms with E-state index in [9.17, 15) is 39.9 Å². The Morgan fingerprint density at radius 2 is 1.74 bits per heavy atom. The van der Waals surface area contributed by atoms with Gasteiger partial charge >= 0.3 is 0 Å². The number of aromatic nitrogens is 3. The molecule has 3 amide bonds. The van der Waals surface area contributed by atoms with Crippen molar-refractivity contribution in [2.24, 2.45) is 5.73 Å². The molecule has 18 nitrogen and oxygen atoms in total. The number of rotatable bonds is 12. The molecule has 2 saturated heterocycles. The van der Waals surface area contributed by atoms with Crippen molar-refractivity contribution < 1.29 is 59.2 Å². The van der Waals surface area contributed by atoms with Crippen molar-refractivity contribution in [1.29, 1.82) is 0 Å². The van der Waals surface area contributed by atoms with E-state index in [0.717, 1.165) is 11.0 Å². The number of carbonyl (C=O) groups is 3. The molecule has 2 aliphatic rings. The predicted molar refractivity (Wildman–Crippen MR) is 119 cm³/mol. The molecular formula is C20H32N6O12. The van der Waals surface area contributed by atoms with Gasteiger partial charge in [-0.3, -0.25) is 14.4 Å². The minimum absolute atomic E-state index is 0.0856. The van der Waals surface area contributed by atoms with Gasteiger partial charge < -0.3 is 61.2 Å². The monoisotopic (exact) mass is 548 g/mol. The highest BCUT2D eigenvalue weighted by Gasteiger charge is 2.45. The van der Waals surface area contributed by atoms with Gasteiger partial charge in [0.25, 0.3) is 5.91 Å². The predicted octanol–water partition coefficient (Wildman–Crippen LogP) is -6.17. The zero-order valence-electron chi connectivity index (χ0n) is 20.1. The molecule has 9 atom stereocenters. The maximum Gasteiger partial charge on any atom is 0.288 e. The number of primary amides is 1. The molecule has 0 radical (unpaired) electrons. The fourth-order valence-electron chi connectivity index (χ4n) is 3.90. The number of carbonyl (C=O) groups excluding carboxylic acids is 3. The number of aliphatic hydroxyl groups is 6. The third-order valence-corrected chi connectivity index (χ3v) is 5.97. The quantitative estimate of drug-likeness (QED) is 0.110. The molecular weight excluding hydrogens is 516 g/mol. The molecule has 0 spiro atoms. The number of hydrogen-bond donors (Lipinski definition) is 9. The molecule has 0 saturated carbocycles. The van der Waals surface area contributed by atoms with Crippen LogP contribution in [0.1, 0.15) is 29.7 Å². The van der Waals surface area contributed by atoms with E-state index in [2.05, 4.69) is 20.7 Å². The van der Waals surface area contributed by atoms with E-state index in [4.69, 9.17) is 25.1 Å². The first-order chi connectivity index (χ1) is 18.0. The fourth-order valence-corrected chi connectivity index (χ4v) is 3.90. The van der Waals surface area contributed by atoms with E-state index >= 15 is 0 Å². The van der Waals surface area contributed by atoms with Gasteiger partial charge in [-0.15, -0.1) is 5.10 Å². The molecule has 0 aliphatic carbocycles. The van der Waals surface area contributed by atoms with Gasteiger partial charge in [-0.1, -0.05) is 0 Å². The van der Waals surface area contributed by atoms with Gasteiger partial charge in [0.2, 0.25) is 17.6 Å². The lowest BCUT2D eigenvalue weighted by atomic mass is 9.97. The molecule has 18 heteroatoms. The highest BCUT2D eigenvalue weighted by molar-refractivity contribution is 5.88. The zero-order valence-corrected chi connectivity index (χ0v) is 20.1. The van der Waals surface area contributed by atoms with Gasteiger partial charge in [0.1, 0.15) is 55.6 Å². The lowest BCUT2D eigenvalue weighted by Crippen LogP contribution is -2.64. The highest BCUT2D eigenvalue weighted by atomic mass is 16.6. The number of nitrogens with zero attached hydrogens (tertiary/aromatic N) is 3. The number of nitrogens with one attached hydrogen (secondary N) is 2. The number of aliphatic hydroxyl groups excluding tert-OH is 6. The average Bonchev–Trinajstić information content (AvgIpc) is 3.48. The van der Waals surface area contributed by atoms with Crippen LogP contribution >= 0.6 is 0 Å². The Morgan fingerprint density at radius 1 is 1.03 bits per heavy atom. The van der Waals surface area contributed by atoms with Crippen molar-refractivity contribution in [2.75, 3.05) is 26.4 Å². The van der Waals surface area contributed by atoms with Gasteiger partial charge in [0, 0.05) is 13.0 Å². The number of ether oxygens (including phenoxy) is 3. The normalized spacial score (nSPS) is 33.2. The topological polar surface area (TPSA) is 281 Å². The van der Waals surface area contributed by atoms with Crippen LogP contribution in [-0.4, -0.2) is 138 Å². The third-order valence-electron chi connectivity index (χ3n) is 5.97. The van der Waals surface area contributed by atoms with Crippen molar-refractivity contribution in [3.63, 3.8) is 0 Å². The lowest BCUT2D eigenvalue weighted by Gasteiger charge is -2.40. The van der Waals surface area contributed by atoms with Gasteiger partial charge in [-0.2, -0.15) is 0 Å². The Morgan fingerprint density at radius 3 is 2.39 bits per heavy atom. The summed E-state index contributed by atoms with van der Waals surface area (Å²) in [5.41, 5.74) is 5.08. The third kappa shape index (κ3) is 7.18. The minimum Gasteiger partial charge on any atom is -0.394 e. The van der Waals surface area contributed by atoms with E-state index in [-0.39, 0.29) is 31.8 Å². The number of hydrogen-bond acceptors (Lipinski definition) is 14. The molecule has 10 N–H and O–H groups in total. The summed E-state index contributed by atoms with van der Waals surface area (Å²) >= 11 is 0. The summed E-state index contributed by atoms with van der Waals surface area (Å²) in [6.07, 6.45) is -9.59. The SMILES string of the molecule is NC(=O)c1ncn(C2OC(COCC(=O)NCCCC(=O)NC3C(O)C(O)C(CO)O[C@@H]3O)[C@@H](O)[C@H]2O)n1. The summed E-state index contributed by atoms with van der Waals surface area (Å²) in [6, 6.07) is -1.30. The van der Waals surface area contributed by atoms with E-state index in [1.165, 1.54) is 0 Å². The summed E-state index contributed by atoms with van der Waals surface area (Å²) in [4.78, 5) is 38.9. The Hall–Kier alpha value is -2.81. The van der Waals surface area contributed by atoms with Crippen LogP contribution in [-0.2, 0) is 23.8 Å². The number of amides is 3. The first kappa shape index (κ1) is 29.7. The molecule has 3 rings (SSSR count). The van der Waals surface area contributed by atoms with E-state index < -0.39 is 86.1 Å². The van der Waals surface area contributed by atoms with E-state index in [1.54, 1.807) is 0 Å². The first-order valence-corrected chi connectivity index (χ1v) is 11.7. The van der Waals surface area contributed by atoms with Crippen LogP contribution in [0.4, 0.5) is 0 Å². The highest BCUT2D eigenvalue weighted by Crippen LogP contribution is 2.29. The summed E-state index contributed by atoms with van der Waals surface area (Å²) in [7, 11) is 0. The molecule has 1 aromatic heterocycles. The fraction of sp³-hybridized carbons (Fsp3) is 0.750. The molecule has 6 unspecified atom stereocenters. The van der Waals surface area contributed by atoms with Crippen LogP contribution in [0, 0.1) is 0 Å². The summed E-state index contributed by atoms with van der Waals surface area (Å²) in [5.74, 6) is -2.27. The summed E-state index contributed by atoms with van der Waals surface area (Å²) in [6.45, 7) is -1.19. The van der Waals surface area contributed by atoms with Gasteiger partial charge in [0.05, 0.1) is 13.2 Å². The second kappa shape index (κ2) is 13.3. The maximum absolute atomic E-state index is 12.1. The van der Waals surface area contributed by atoms with Crippen molar-refractivity contribution in [3.8, 4) is 0 Å². The van der Waals surface area contributed by atoms with Crippen LogP contribution in [0.5, 0.6) is 0 Å². The van der Waals surface area contributed by atoms with Gasteiger partial charge in [-0.25, -0.2) is 9.67 Å². The molecule has 2 fully saturated rings. The maximum atomic E-state index is 12.1. The zero-order chi connectivity index (χ0) is 28.0. The lowest BCUT2D eigenvalue weighted by molar-refractivity contribution is -0.253. The van der Waals surface area contributed by atoms with E-state index in [0.29, 0.717) is 0 Å². The second-order valence-electron chi connectivity index (χ2n) is 8.75. The van der Waals surface area contributed by atoms with Crippen LogP contribution in [0.3, 0.4) is 0 Å². The summed E-state index contributed by atoms with van der Waals surface area (Å²) in [5, 5.41) is 67.8. The van der Waals surface area contributed by atoms with Crippen LogP contribution < -0.4 is 16.4 Å². The smallest absolute Gasteiger partial charge is 0.288 e. The van der Waals surface area contributed by atoms with Crippen molar-refractivity contribution in [2.45, 2.75) is 68.0 Å². The molecule has 38 heavy (non-hydrogen) atoms. The van der Waals surface area contributed by atoms with Crippen molar-refractivity contribution in [3.05, 3.63) is 12.2 Å². The second-order valence-corrected chi connectivity index (χ2v) is 8.75. The number of nitrogens with two attached hydrogens (primary N) is 1. The van der Waals surface area contributed by atoms with Gasteiger partial charge in [-0.05, 0) is 6.42 Å². The van der Waals surface area contributed by atoms with Gasteiger partial charge in [0.15, 0.2) is 12.5 Å². The molecule has 0 aromatic carbocycles. The van der Waals surface area contributed by atoms with Crippen LogP contribution in [0.25, 0.3) is 0 Å². The Labute approximate surface area is 215 Å². The van der Waals surface area contributed by atoms with E-state index in [1.807, 2.05) is 0 Å². The van der Waals surface area contributed by atoms with Crippen LogP contribution in [0.15, 0.2) is 6.33 Å². The van der Waals surface area contributed by atoms with Crippen molar-refractivity contribution >= 4 is 17.7 Å². The largest absolute Gasteiger partial charge is 0.394 e. The summed E-state index contributed by atoms with van der Waals surface area (Å²) < 4.78 is 16.7. The average molecular weight is 549 g/mol. The Kier molecular flexibility index (Phi) is 10.4. The molecule has 3 heterocycles. The first-order valence-electron chi connectivity index (χ1n) is 11.7. The molecule has 2 aliphatic heterocycles.